The number of pyridine rings is 1. The molecule has 9 heteroatoms. The van der Waals surface area contributed by atoms with Crippen LogP contribution in [0.4, 0.5) is 4.79 Å². The summed E-state index contributed by atoms with van der Waals surface area (Å²) in [6, 6.07) is 3.69. The van der Waals surface area contributed by atoms with Crippen molar-refractivity contribution in [2.24, 2.45) is 0 Å². The Balaban J connectivity index is 1.42. The molecule has 4 rings (SSSR count). The normalized spacial score (nSPS) is 20.7. The quantitative estimate of drug-likeness (QED) is 0.888. The first-order valence-corrected chi connectivity index (χ1v) is 9.76. The Bertz CT molecular complexity index is 895. The smallest absolute Gasteiger partial charge is 0.407 e. The number of sulfonamides is 1. The van der Waals surface area contributed by atoms with Gasteiger partial charge in [0.05, 0.1) is 6.26 Å². The molecule has 0 atom stereocenters. The van der Waals surface area contributed by atoms with Crippen LogP contribution in [-0.2, 0) is 10.0 Å². The van der Waals surface area contributed by atoms with Crippen LogP contribution in [0.15, 0.2) is 29.0 Å². The Morgan fingerprint density at radius 1 is 1.28 bits per heavy atom. The highest BCUT2D eigenvalue weighted by atomic mass is 32.2. The zero-order valence-corrected chi connectivity index (χ0v) is 14.4. The second-order valence-electron chi connectivity index (χ2n) is 6.57. The van der Waals surface area contributed by atoms with Gasteiger partial charge in [0.2, 0.25) is 10.0 Å². The van der Waals surface area contributed by atoms with Crippen LogP contribution in [0.5, 0.6) is 0 Å². The first-order chi connectivity index (χ1) is 12.0. The van der Waals surface area contributed by atoms with E-state index in [4.69, 9.17) is 9.52 Å². The number of aromatic nitrogens is 1. The highest BCUT2D eigenvalue weighted by molar-refractivity contribution is 7.89. The van der Waals surface area contributed by atoms with Crippen molar-refractivity contribution in [3.05, 3.63) is 30.2 Å². The maximum atomic E-state index is 12.6. The lowest BCUT2D eigenvalue weighted by atomic mass is 9.91. The third-order valence-corrected chi connectivity index (χ3v) is 7.38. The summed E-state index contributed by atoms with van der Waals surface area (Å²) in [5.41, 5.74) is 2.63. The molecule has 8 nitrogen and oxygen atoms in total. The Morgan fingerprint density at radius 3 is 2.68 bits per heavy atom. The van der Waals surface area contributed by atoms with Crippen molar-refractivity contribution < 1.29 is 22.7 Å². The topological polar surface area (TPSA) is 104 Å². The van der Waals surface area contributed by atoms with Crippen LogP contribution in [0.2, 0.25) is 0 Å². The molecule has 0 spiro atoms. The number of nitrogens with zero attached hydrogens (tertiary/aromatic N) is 3. The van der Waals surface area contributed by atoms with Crippen LogP contribution in [-0.4, -0.2) is 65.2 Å². The minimum absolute atomic E-state index is 0.0634. The zero-order valence-electron chi connectivity index (χ0n) is 13.5. The van der Waals surface area contributed by atoms with E-state index in [1.807, 2.05) is 12.1 Å². The first-order valence-electron chi connectivity index (χ1n) is 8.26. The maximum absolute atomic E-state index is 12.6. The number of carboxylic acid groups (broad SMARTS) is 1. The van der Waals surface area contributed by atoms with E-state index in [9.17, 15) is 13.2 Å². The minimum atomic E-state index is -3.44. The fraction of sp³-hybridized carbons (Fsp3) is 0.500. The van der Waals surface area contributed by atoms with E-state index in [1.165, 1.54) is 4.31 Å². The van der Waals surface area contributed by atoms with Gasteiger partial charge in [-0.15, -0.1) is 0 Å². The van der Waals surface area contributed by atoms with E-state index in [1.54, 1.807) is 12.5 Å². The second kappa shape index (κ2) is 5.99. The van der Waals surface area contributed by atoms with Gasteiger partial charge in [0.25, 0.3) is 0 Å². The summed E-state index contributed by atoms with van der Waals surface area (Å²) in [6.45, 7) is 1.01. The van der Waals surface area contributed by atoms with E-state index >= 15 is 0 Å². The molecule has 0 saturated carbocycles. The average Bonchev–Trinajstić information content (AvgIpc) is 2.97. The monoisotopic (exact) mass is 365 g/mol. The van der Waals surface area contributed by atoms with E-state index in [2.05, 4.69) is 4.98 Å². The molecule has 2 fully saturated rings. The molecule has 0 radical (unpaired) electrons. The SMILES string of the molecule is O=C(O)N1CC(S(=O)(=O)N2CCC(c3coc4cccnc34)CC2)C1. The Morgan fingerprint density at radius 2 is 2.00 bits per heavy atom. The molecule has 2 saturated heterocycles. The number of carbonyl (C=O) groups is 1. The van der Waals surface area contributed by atoms with Crippen molar-refractivity contribution in [3.8, 4) is 0 Å². The zero-order chi connectivity index (χ0) is 17.6. The van der Waals surface area contributed by atoms with Gasteiger partial charge < -0.3 is 14.4 Å². The van der Waals surface area contributed by atoms with Gasteiger partial charge in [0, 0.05) is 37.9 Å². The van der Waals surface area contributed by atoms with E-state index in [-0.39, 0.29) is 19.0 Å². The number of fused-ring (bicyclic) bond motifs is 1. The Kier molecular flexibility index (Phi) is 3.92. The number of hydrogen-bond acceptors (Lipinski definition) is 5. The third-order valence-electron chi connectivity index (χ3n) is 5.15. The average molecular weight is 365 g/mol. The lowest BCUT2D eigenvalue weighted by molar-refractivity contribution is 0.118. The Labute approximate surface area is 145 Å². The van der Waals surface area contributed by atoms with Gasteiger partial charge in [-0.2, -0.15) is 0 Å². The van der Waals surface area contributed by atoms with Crippen molar-refractivity contribution in [2.45, 2.75) is 24.0 Å². The molecule has 0 aliphatic carbocycles. The molecule has 4 heterocycles. The predicted octanol–water partition coefficient (Wildman–Crippen LogP) is 1.70. The lowest BCUT2D eigenvalue weighted by Crippen LogP contribution is -2.60. The van der Waals surface area contributed by atoms with Gasteiger partial charge in [-0.1, -0.05) is 0 Å². The minimum Gasteiger partial charge on any atom is -0.465 e. The first kappa shape index (κ1) is 16.3. The fourth-order valence-electron chi connectivity index (χ4n) is 3.59. The number of amides is 1. The van der Waals surface area contributed by atoms with Gasteiger partial charge in [-0.05, 0) is 30.9 Å². The van der Waals surface area contributed by atoms with Crippen molar-refractivity contribution >= 4 is 27.2 Å². The molecule has 0 bridgehead atoms. The molecule has 2 aliphatic heterocycles. The Hall–Kier alpha value is -2.13. The van der Waals surface area contributed by atoms with Crippen molar-refractivity contribution in [1.29, 1.82) is 0 Å². The fourth-order valence-corrected chi connectivity index (χ4v) is 5.47. The number of likely N-dealkylation sites (tertiary alicyclic amines) is 1. The molecule has 0 unspecified atom stereocenters. The summed E-state index contributed by atoms with van der Waals surface area (Å²) in [7, 11) is -3.44. The molecule has 134 valence electrons. The highest BCUT2D eigenvalue weighted by Crippen LogP contribution is 2.35. The van der Waals surface area contributed by atoms with Gasteiger partial charge in [0.15, 0.2) is 5.58 Å². The van der Waals surface area contributed by atoms with Crippen LogP contribution in [0.1, 0.15) is 24.3 Å². The number of furan rings is 1. The standard InChI is InChI=1S/C16H19N3O5S/c20-16(21)18-8-12(9-18)25(22,23)19-6-3-11(4-7-19)13-10-24-14-2-1-5-17-15(13)14/h1-2,5,10-12H,3-4,6-9H2,(H,20,21). The third kappa shape index (κ3) is 2.77. The maximum Gasteiger partial charge on any atom is 0.407 e. The molecule has 2 aromatic rings. The predicted molar refractivity (Wildman–Crippen MR) is 89.9 cm³/mol. The van der Waals surface area contributed by atoms with Gasteiger partial charge in [0.1, 0.15) is 10.8 Å². The summed E-state index contributed by atoms with van der Waals surface area (Å²) in [5, 5.41) is 8.24. The largest absolute Gasteiger partial charge is 0.465 e. The van der Waals surface area contributed by atoms with E-state index in [0.717, 1.165) is 21.6 Å². The van der Waals surface area contributed by atoms with Crippen LogP contribution in [0.25, 0.3) is 11.1 Å². The van der Waals surface area contributed by atoms with Crippen molar-refractivity contribution in [2.75, 3.05) is 26.2 Å². The molecule has 1 N–H and O–H groups in total. The van der Waals surface area contributed by atoms with Crippen LogP contribution in [0.3, 0.4) is 0 Å². The summed E-state index contributed by atoms with van der Waals surface area (Å²) < 4.78 is 32.3. The molecule has 1 amide bonds. The van der Waals surface area contributed by atoms with Gasteiger partial charge in [-0.3, -0.25) is 4.98 Å². The molecule has 2 aliphatic rings. The van der Waals surface area contributed by atoms with Gasteiger partial charge in [-0.25, -0.2) is 17.5 Å². The highest BCUT2D eigenvalue weighted by Gasteiger charge is 2.43. The summed E-state index contributed by atoms with van der Waals surface area (Å²) in [4.78, 5) is 16.3. The van der Waals surface area contributed by atoms with Crippen LogP contribution < -0.4 is 0 Å². The summed E-state index contributed by atoms with van der Waals surface area (Å²) in [5.74, 6) is 0.222. The molecule has 0 aromatic carbocycles. The lowest BCUT2D eigenvalue weighted by Gasteiger charge is -2.40. The molecular weight excluding hydrogens is 346 g/mol. The number of piperidine rings is 1. The molecule has 25 heavy (non-hydrogen) atoms. The van der Waals surface area contributed by atoms with Crippen LogP contribution >= 0.6 is 0 Å². The van der Waals surface area contributed by atoms with Crippen LogP contribution in [0, 0.1) is 0 Å². The van der Waals surface area contributed by atoms with Crippen molar-refractivity contribution in [3.63, 3.8) is 0 Å². The van der Waals surface area contributed by atoms with Crippen molar-refractivity contribution in [1.82, 2.24) is 14.2 Å². The molecule has 2 aromatic heterocycles. The van der Waals surface area contributed by atoms with Gasteiger partial charge >= 0.3 is 6.09 Å². The summed E-state index contributed by atoms with van der Waals surface area (Å²) in [6.07, 6.45) is 3.80. The van der Waals surface area contributed by atoms with E-state index in [0.29, 0.717) is 25.9 Å². The summed E-state index contributed by atoms with van der Waals surface area (Å²) >= 11 is 0. The van der Waals surface area contributed by atoms with E-state index < -0.39 is 21.4 Å². The second-order valence-corrected chi connectivity index (χ2v) is 8.78. The number of hydrogen-bond donors (Lipinski definition) is 1. The molecular formula is C16H19N3O5S. The number of rotatable bonds is 3.